The molecule has 0 heterocycles. The van der Waals surface area contributed by atoms with Crippen molar-refractivity contribution in [2.45, 2.75) is 43.9 Å². The first-order valence-electron chi connectivity index (χ1n) is 7.29. The molecule has 0 aliphatic heterocycles. The Bertz CT molecular complexity index is 402. The molecule has 0 aromatic heterocycles. The zero-order valence-corrected chi connectivity index (χ0v) is 12.8. The van der Waals surface area contributed by atoms with E-state index in [-0.39, 0.29) is 23.7 Å². The highest BCUT2D eigenvalue weighted by atomic mass is 35.5. The fraction of sp³-hybridized carbons (Fsp3) is 0.562. The fourth-order valence-electron chi connectivity index (χ4n) is 3.03. The number of hydrogen-bond acceptors (Lipinski definition) is 2. The van der Waals surface area contributed by atoms with Crippen molar-refractivity contribution in [1.82, 2.24) is 5.32 Å². The van der Waals surface area contributed by atoms with Gasteiger partial charge in [0.2, 0.25) is 5.91 Å². The van der Waals surface area contributed by atoms with E-state index in [0.29, 0.717) is 13.0 Å². The largest absolute Gasteiger partial charge is 0.355 e. The van der Waals surface area contributed by atoms with Crippen LogP contribution in [-0.2, 0) is 10.2 Å². The van der Waals surface area contributed by atoms with Gasteiger partial charge >= 0.3 is 0 Å². The zero-order valence-electron chi connectivity index (χ0n) is 11.9. The summed E-state index contributed by atoms with van der Waals surface area (Å²) in [6.45, 7) is 1.34. The van der Waals surface area contributed by atoms with Gasteiger partial charge in [0.25, 0.3) is 0 Å². The lowest BCUT2D eigenvalue weighted by molar-refractivity contribution is -0.121. The number of halogens is 1. The number of hydrogen-bond donors (Lipinski definition) is 2. The summed E-state index contributed by atoms with van der Waals surface area (Å²) >= 11 is 0. The van der Waals surface area contributed by atoms with Crippen molar-refractivity contribution in [2.75, 3.05) is 13.1 Å². The van der Waals surface area contributed by atoms with Gasteiger partial charge in [-0.3, -0.25) is 4.79 Å². The second-order valence-electron chi connectivity index (χ2n) is 5.52. The Morgan fingerprint density at radius 1 is 1.20 bits per heavy atom. The molecule has 0 atom stereocenters. The van der Waals surface area contributed by atoms with Crippen molar-refractivity contribution >= 4 is 18.3 Å². The predicted octanol–water partition coefficient (Wildman–Crippen LogP) is 2.78. The summed E-state index contributed by atoms with van der Waals surface area (Å²) in [4.78, 5) is 11.8. The molecule has 1 aliphatic rings. The van der Waals surface area contributed by atoms with Crippen LogP contribution < -0.4 is 11.1 Å². The second-order valence-corrected chi connectivity index (χ2v) is 5.52. The molecule has 2 rings (SSSR count). The first-order valence-corrected chi connectivity index (χ1v) is 7.29. The summed E-state index contributed by atoms with van der Waals surface area (Å²) in [5.74, 6) is 0.132. The molecule has 0 saturated heterocycles. The number of nitrogens with one attached hydrogen (secondary N) is 1. The van der Waals surface area contributed by atoms with Gasteiger partial charge in [-0.05, 0) is 31.4 Å². The fourth-order valence-corrected chi connectivity index (χ4v) is 3.03. The molecule has 1 amide bonds. The third-order valence-electron chi connectivity index (χ3n) is 4.18. The molecule has 4 heteroatoms. The molecule has 112 valence electrons. The maximum absolute atomic E-state index is 11.8. The molecular weight excluding hydrogens is 272 g/mol. The van der Waals surface area contributed by atoms with Crippen molar-refractivity contribution < 1.29 is 4.79 Å². The average molecular weight is 297 g/mol. The highest BCUT2D eigenvalue weighted by molar-refractivity contribution is 5.85. The molecule has 1 saturated carbocycles. The molecule has 1 aliphatic carbocycles. The third-order valence-corrected chi connectivity index (χ3v) is 4.18. The van der Waals surface area contributed by atoms with E-state index in [1.54, 1.807) is 0 Å². The number of carbonyl (C=O) groups excluding carboxylic acids is 1. The lowest BCUT2D eigenvalue weighted by Gasteiger charge is -2.30. The number of benzene rings is 1. The topological polar surface area (TPSA) is 55.1 Å². The maximum Gasteiger partial charge on any atom is 0.220 e. The molecule has 0 spiro atoms. The quantitative estimate of drug-likeness (QED) is 0.848. The molecule has 3 N–H and O–H groups in total. The minimum atomic E-state index is 0. The number of nitrogens with two attached hydrogens (primary N) is 1. The van der Waals surface area contributed by atoms with Crippen LogP contribution in [0.3, 0.4) is 0 Å². The van der Waals surface area contributed by atoms with Gasteiger partial charge in [0, 0.05) is 18.4 Å². The average Bonchev–Trinajstić information content (AvgIpc) is 2.94. The highest BCUT2D eigenvalue weighted by Crippen LogP contribution is 2.40. The Labute approximate surface area is 127 Å². The first-order chi connectivity index (χ1) is 9.27. The lowest BCUT2D eigenvalue weighted by atomic mass is 9.79. The second kappa shape index (κ2) is 8.28. The van der Waals surface area contributed by atoms with Crippen LogP contribution in [0.15, 0.2) is 30.3 Å². The van der Waals surface area contributed by atoms with E-state index in [1.165, 1.54) is 31.2 Å². The van der Waals surface area contributed by atoms with Crippen LogP contribution in [0.25, 0.3) is 0 Å². The van der Waals surface area contributed by atoms with Crippen molar-refractivity contribution in [2.24, 2.45) is 5.73 Å². The van der Waals surface area contributed by atoms with E-state index in [4.69, 9.17) is 5.73 Å². The van der Waals surface area contributed by atoms with Crippen LogP contribution >= 0.6 is 12.4 Å². The summed E-state index contributed by atoms with van der Waals surface area (Å²) < 4.78 is 0. The molecule has 1 fully saturated rings. The van der Waals surface area contributed by atoms with Crippen molar-refractivity contribution in [3.05, 3.63) is 35.9 Å². The smallest absolute Gasteiger partial charge is 0.220 e. The Balaban J connectivity index is 0.00000200. The van der Waals surface area contributed by atoms with Crippen LogP contribution in [0.5, 0.6) is 0 Å². The summed E-state index contributed by atoms with van der Waals surface area (Å²) in [5.41, 5.74) is 6.95. The highest BCUT2D eigenvalue weighted by Gasteiger charge is 2.35. The van der Waals surface area contributed by atoms with Crippen LogP contribution in [0.1, 0.15) is 44.1 Å². The standard InChI is InChI=1S/C16H24N2O.ClH/c17-12-6-9-15(19)18-13-16(10-4-5-11-16)14-7-2-1-3-8-14;/h1-3,7-8H,4-6,9-13,17H2,(H,18,19);1H. The maximum atomic E-state index is 11.8. The summed E-state index contributed by atoms with van der Waals surface area (Å²) in [6.07, 6.45) is 6.18. The summed E-state index contributed by atoms with van der Waals surface area (Å²) in [6, 6.07) is 10.6. The van der Waals surface area contributed by atoms with Gasteiger partial charge in [0.05, 0.1) is 0 Å². The van der Waals surface area contributed by atoms with Gasteiger partial charge in [-0.25, -0.2) is 0 Å². The molecule has 0 radical (unpaired) electrons. The van der Waals surface area contributed by atoms with E-state index in [1.807, 2.05) is 6.07 Å². The summed E-state index contributed by atoms with van der Waals surface area (Å²) in [7, 11) is 0. The lowest BCUT2D eigenvalue weighted by Crippen LogP contribution is -2.39. The van der Waals surface area contributed by atoms with Gasteiger partial charge < -0.3 is 11.1 Å². The minimum absolute atomic E-state index is 0. The van der Waals surface area contributed by atoms with Crippen LogP contribution in [0, 0.1) is 0 Å². The van der Waals surface area contributed by atoms with E-state index < -0.39 is 0 Å². The van der Waals surface area contributed by atoms with Crippen LogP contribution in [-0.4, -0.2) is 19.0 Å². The van der Waals surface area contributed by atoms with E-state index in [2.05, 4.69) is 29.6 Å². The molecule has 0 bridgehead atoms. The Hall–Kier alpha value is -1.06. The van der Waals surface area contributed by atoms with Crippen LogP contribution in [0.2, 0.25) is 0 Å². The van der Waals surface area contributed by atoms with Gasteiger partial charge in [0.1, 0.15) is 0 Å². The van der Waals surface area contributed by atoms with Gasteiger partial charge in [-0.15, -0.1) is 12.4 Å². The van der Waals surface area contributed by atoms with E-state index in [0.717, 1.165) is 13.0 Å². The molecule has 1 aromatic rings. The Morgan fingerprint density at radius 3 is 2.45 bits per heavy atom. The SMILES string of the molecule is Cl.NCCCC(=O)NCC1(c2ccccc2)CCCC1. The molecule has 1 aromatic carbocycles. The summed E-state index contributed by atoms with van der Waals surface area (Å²) in [5, 5.41) is 3.10. The van der Waals surface area contributed by atoms with Gasteiger partial charge in [-0.2, -0.15) is 0 Å². The van der Waals surface area contributed by atoms with Crippen molar-refractivity contribution in [3.8, 4) is 0 Å². The Morgan fingerprint density at radius 2 is 1.85 bits per heavy atom. The van der Waals surface area contributed by atoms with E-state index >= 15 is 0 Å². The van der Waals surface area contributed by atoms with E-state index in [9.17, 15) is 4.79 Å². The van der Waals surface area contributed by atoms with Gasteiger partial charge in [0.15, 0.2) is 0 Å². The monoisotopic (exact) mass is 296 g/mol. The molecule has 0 unspecified atom stereocenters. The number of rotatable bonds is 6. The van der Waals surface area contributed by atoms with Gasteiger partial charge in [-0.1, -0.05) is 43.2 Å². The molecule has 3 nitrogen and oxygen atoms in total. The minimum Gasteiger partial charge on any atom is -0.355 e. The molecular formula is C16H25ClN2O. The normalized spacial score (nSPS) is 16.4. The number of amides is 1. The van der Waals surface area contributed by atoms with Crippen molar-refractivity contribution in [1.29, 1.82) is 0 Å². The predicted molar refractivity (Wildman–Crippen MR) is 85.1 cm³/mol. The number of carbonyl (C=O) groups is 1. The molecule has 20 heavy (non-hydrogen) atoms. The Kier molecular flexibility index (Phi) is 7.03. The third kappa shape index (κ3) is 4.22. The van der Waals surface area contributed by atoms with Crippen molar-refractivity contribution in [3.63, 3.8) is 0 Å². The zero-order chi connectivity index (χ0) is 13.6. The first kappa shape index (κ1) is 17.0. The van der Waals surface area contributed by atoms with Crippen LogP contribution in [0.4, 0.5) is 0 Å².